The zero-order valence-electron chi connectivity index (χ0n) is 12.2. The van der Waals surface area contributed by atoms with E-state index in [-0.39, 0.29) is 12.0 Å². The first-order valence-electron chi connectivity index (χ1n) is 6.77. The molecule has 0 bridgehead atoms. The molecule has 1 heterocycles. The van der Waals surface area contributed by atoms with Crippen LogP contribution in [-0.2, 0) is 0 Å². The molecule has 2 aromatic rings. The second-order valence-corrected chi connectivity index (χ2v) is 7.10. The summed E-state index contributed by atoms with van der Waals surface area (Å²) in [6.07, 6.45) is 0. The van der Waals surface area contributed by atoms with E-state index in [1.165, 1.54) is 20.5 Å². The van der Waals surface area contributed by atoms with Crippen LogP contribution in [0, 0.1) is 12.3 Å². The van der Waals surface area contributed by atoms with E-state index in [0.717, 1.165) is 6.54 Å². The minimum Gasteiger partial charge on any atom is -0.396 e. The molecule has 2 N–H and O–H groups in total. The summed E-state index contributed by atoms with van der Waals surface area (Å²) in [4.78, 5) is 1.40. The van der Waals surface area contributed by atoms with Crippen LogP contribution in [0.25, 0.3) is 10.1 Å². The minimum atomic E-state index is -0.0706. The molecule has 2 nitrogen and oxygen atoms in total. The fourth-order valence-electron chi connectivity index (χ4n) is 2.18. The summed E-state index contributed by atoms with van der Waals surface area (Å²) in [5.41, 5.74) is 1.31. The summed E-state index contributed by atoms with van der Waals surface area (Å²) >= 11 is 1.87. The summed E-state index contributed by atoms with van der Waals surface area (Å²) in [5.74, 6) is 0. The molecule has 3 heteroatoms. The summed E-state index contributed by atoms with van der Waals surface area (Å²) in [7, 11) is 0. The Hall–Kier alpha value is -0.900. The van der Waals surface area contributed by atoms with E-state index in [0.29, 0.717) is 6.04 Å². The topological polar surface area (TPSA) is 32.3 Å². The molecule has 0 saturated heterocycles. The molecule has 1 unspecified atom stereocenters. The van der Waals surface area contributed by atoms with Gasteiger partial charge in [0.05, 0.1) is 0 Å². The highest BCUT2D eigenvalue weighted by molar-refractivity contribution is 7.19. The van der Waals surface area contributed by atoms with Crippen LogP contribution >= 0.6 is 11.3 Å². The number of hydrogen-bond acceptors (Lipinski definition) is 3. The maximum atomic E-state index is 9.31. The Morgan fingerprint density at radius 3 is 2.63 bits per heavy atom. The maximum absolute atomic E-state index is 9.31. The first-order chi connectivity index (χ1) is 8.94. The van der Waals surface area contributed by atoms with Crippen molar-refractivity contribution in [3.8, 4) is 0 Å². The highest BCUT2D eigenvalue weighted by atomic mass is 32.1. The maximum Gasteiger partial charge on any atom is 0.0494 e. The molecule has 19 heavy (non-hydrogen) atoms. The van der Waals surface area contributed by atoms with Gasteiger partial charge < -0.3 is 10.4 Å². The molecule has 1 aromatic heterocycles. The molecule has 1 aromatic carbocycles. The normalized spacial score (nSPS) is 13.9. The Balaban J connectivity index is 2.17. The third-order valence-corrected chi connectivity index (χ3v) is 5.04. The van der Waals surface area contributed by atoms with Gasteiger partial charge in [0.25, 0.3) is 0 Å². The lowest BCUT2D eigenvalue weighted by Crippen LogP contribution is -2.33. The number of hydrogen-bond donors (Lipinski definition) is 2. The van der Waals surface area contributed by atoms with Crippen molar-refractivity contribution in [1.82, 2.24) is 5.32 Å². The second kappa shape index (κ2) is 5.61. The Labute approximate surface area is 119 Å². The van der Waals surface area contributed by atoms with E-state index < -0.39 is 0 Å². The fourth-order valence-corrected chi connectivity index (χ4v) is 3.42. The number of thiophene rings is 1. The SMILES string of the molecule is Cc1c(C(C)NCC(C)(C)CO)sc2ccccc12. The number of benzene rings is 1. The van der Waals surface area contributed by atoms with E-state index >= 15 is 0 Å². The van der Waals surface area contributed by atoms with Crippen molar-refractivity contribution in [2.45, 2.75) is 33.7 Å². The van der Waals surface area contributed by atoms with Crippen molar-refractivity contribution in [2.24, 2.45) is 5.41 Å². The van der Waals surface area contributed by atoms with Gasteiger partial charge in [-0.05, 0) is 30.9 Å². The van der Waals surface area contributed by atoms with Crippen molar-refractivity contribution in [2.75, 3.05) is 13.2 Å². The summed E-state index contributed by atoms with van der Waals surface area (Å²) in [6.45, 7) is 9.57. The minimum absolute atomic E-state index is 0.0706. The predicted molar refractivity (Wildman–Crippen MR) is 83.8 cm³/mol. The van der Waals surface area contributed by atoms with Gasteiger partial charge in [-0.25, -0.2) is 0 Å². The molecule has 0 aliphatic rings. The molecule has 1 atom stereocenters. The third kappa shape index (κ3) is 3.16. The van der Waals surface area contributed by atoms with Crippen LogP contribution in [0.1, 0.15) is 37.3 Å². The third-order valence-electron chi connectivity index (χ3n) is 3.59. The molecule has 104 valence electrons. The number of aliphatic hydroxyl groups is 1. The van der Waals surface area contributed by atoms with Gasteiger partial charge in [-0.15, -0.1) is 11.3 Å². The van der Waals surface area contributed by atoms with Gasteiger partial charge in [-0.3, -0.25) is 0 Å². The van der Waals surface area contributed by atoms with Gasteiger partial charge >= 0.3 is 0 Å². The fraction of sp³-hybridized carbons (Fsp3) is 0.500. The van der Waals surface area contributed by atoms with Gasteiger partial charge in [0.15, 0.2) is 0 Å². The van der Waals surface area contributed by atoms with Gasteiger partial charge in [-0.2, -0.15) is 0 Å². The predicted octanol–water partition coefficient (Wildman–Crippen LogP) is 3.88. The average molecular weight is 277 g/mol. The van der Waals surface area contributed by atoms with Gasteiger partial charge in [0, 0.05) is 34.2 Å². The molecule has 0 aliphatic carbocycles. The van der Waals surface area contributed by atoms with Crippen LogP contribution in [-0.4, -0.2) is 18.3 Å². The number of aliphatic hydroxyl groups excluding tert-OH is 1. The Kier molecular flexibility index (Phi) is 4.29. The first kappa shape index (κ1) is 14.5. The van der Waals surface area contributed by atoms with Gasteiger partial charge in [0.2, 0.25) is 0 Å². The highest BCUT2D eigenvalue weighted by Gasteiger charge is 2.19. The molecular weight excluding hydrogens is 254 g/mol. The summed E-state index contributed by atoms with van der Waals surface area (Å²) < 4.78 is 1.35. The zero-order chi connectivity index (χ0) is 14.0. The Morgan fingerprint density at radius 2 is 2.00 bits per heavy atom. The quantitative estimate of drug-likeness (QED) is 0.869. The molecule has 0 radical (unpaired) electrons. The van der Waals surface area contributed by atoms with Crippen molar-refractivity contribution >= 4 is 21.4 Å². The van der Waals surface area contributed by atoms with Crippen LogP contribution in [0.4, 0.5) is 0 Å². The van der Waals surface area contributed by atoms with E-state index in [2.05, 4.69) is 57.3 Å². The molecule has 0 spiro atoms. The van der Waals surface area contributed by atoms with Gasteiger partial charge in [0.1, 0.15) is 0 Å². The molecule has 0 amide bonds. The number of nitrogens with one attached hydrogen (secondary N) is 1. The van der Waals surface area contributed by atoms with Gasteiger partial charge in [-0.1, -0.05) is 32.0 Å². The number of fused-ring (bicyclic) bond motifs is 1. The first-order valence-corrected chi connectivity index (χ1v) is 7.58. The summed E-state index contributed by atoms with van der Waals surface area (Å²) in [5, 5.41) is 14.2. The van der Waals surface area contributed by atoms with Crippen molar-refractivity contribution in [3.05, 3.63) is 34.7 Å². The monoisotopic (exact) mass is 277 g/mol. The lowest BCUT2D eigenvalue weighted by molar-refractivity contribution is 0.154. The van der Waals surface area contributed by atoms with Crippen LogP contribution in [0.3, 0.4) is 0 Å². The standard InChI is InChI=1S/C16H23NOS/c1-11-13-7-5-6-8-14(13)19-15(11)12(2)17-9-16(3,4)10-18/h5-8,12,17-18H,9-10H2,1-4H3. The Bertz CT molecular complexity index is 559. The molecule has 0 fully saturated rings. The number of rotatable bonds is 5. The van der Waals surface area contributed by atoms with Crippen molar-refractivity contribution < 1.29 is 5.11 Å². The molecule has 2 rings (SSSR count). The smallest absolute Gasteiger partial charge is 0.0494 e. The van der Waals surface area contributed by atoms with Crippen molar-refractivity contribution in [3.63, 3.8) is 0 Å². The molecular formula is C16H23NOS. The van der Waals surface area contributed by atoms with E-state index in [1.54, 1.807) is 0 Å². The van der Waals surface area contributed by atoms with E-state index in [1.807, 2.05) is 11.3 Å². The second-order valence-electron chi connectivity index (χ2n) is 6.01. The van der Waals surface area contributed by atoms with Crippen LogP contribution in [0.2, 0.25) is 0 Å². The Morgan fingerprint density at radius 1 is 1.32 bits per heavy atom. The molecule has 0 aliphatic heterocycles. The zero-order valence-corrected chi connectivity index (χ0v) is 13.0. The lowest BCUT2D eigenvalue weighted by Gasteiger charge is -2.24. The van der Waals surface area contributed by atoms with Crippen LogP contribution in [0.15, 0.2) is 24.3 Å². The lowest BCUT2D eigenvalue weighted by atomic mass is 9.94. The van der Waals surface area contributed by atoms with Crippen molar-refractivity contribution in [1.29, 1.82) is 0 Å². The number of aryl methyl sites for hydroxylation is 1. The largest absolute Gasteiger partial charge is 0.396 e. The van der Waals surface area contributed by atoms with E-state index in [9.17, 15) is 5.11 Å². The average Bonchev–Trinajstić information content (AvgIpc) is 2.74. The highest BCUT2D eigenvalue weighted by Crippen LogP contribution is 2.34. The van der Waals surface area contributed by atoms with Crippen LogP contribution in [0.5, 0.6) is 0 Å². The van der Waals surface area contributed by atoms with Crippen LogP contribution < -0.4 is 5.32 Å². The summed E-state index contributed by atoms with van der Waals surface area (Å²) in [6, 6.07) is 8.88. The molecule has 0 saturated carbocycles. The van der Waals surface area contributed by atoms with E-state index in [4.69, 9.17) is 0 Å².